The Balaban J connectivity index is 3.09. The lowest BCUT2D eigenvalue weighted by atomic mass is 10.2. The van der Waals surface area contributed by atoms with E-state index in [1.807, 2.05) is 35.6 Å². The molecule has 5 nitrogen and oxygen atoms in total. The van der Waals surface area contributed by atoms with Gasteiger partial charge in [-0.2, -0.15) is 17.9 Å². The van der Waals surface area contributed by atoms with Crippen molar-refractivity contribution in [3.8, 4) is 11.8 Å². The normalized spacial score (nSPS) is 11.7. The molecule has 0 amide bonds. The Bertz CT molecular complexity index is 502. The molecule has 0 aliphatic rings. The molecule has 0 aliphatic carbocycles. The predicted molar refractivity (Wildman–Crippen MR) is 79.0 cm³/mol. The summed E-state index contributed by atoms with van der Waals surface area (Å²) in [5.74, 6) is 1.05. The molecule has 0 radical (unpaired) electrons. The summed E-state index contributed by atoms with van der Waals surface area (Å²) in [5, 5.41) is 19.7. The first-order chi connectivity index (χ1) is 8.49. The summed E-state index contributed by atoms with van der Waals surface area (Å²) in [4.78, 5) is 10.4. The average Bonchev–Trinajstić information content (AvgIpc) is 2.35. The van der Waals surface area contributed by atoms with E-state index in [4.69, 9.17) is 10.00 Å². The zero-order chi connectivity index (χ0) is 13.7. The molecule has 7 heteroatoms. The molecule has 1 rings (SSSR count). The van der Waals surface area contributed by atoms with Crippen molar-refractivity contribution in [1.82, 2.24) is 0 Å². The number of nitro benzene ring substituents is 1. The van der Waals surface area contributed by atoms with Crippen molar-refractivity contribution in [1.29, 1.82) is 5.26 Å². The number of nitro groups is 1. The van der Waals surface area contributed by atoms with E-state index < -0.39 is 4.92 Å². The second-order valence-electron chi connectivity index (χ2n) is 3.77. The van der Waals surface area contributed by atoms with Crippen LogP contribution in [0.15, 0.2) is 12.1 Å². The fourth-order valence-electron chi connectivity index (χ4n) is 1.20. The minimum Gasteiger partial charge on any atom is -0.486 e. The third kappa shape index (κ3) is 3.74. The highest BCUT2D eigenvalue weighted by Crippen LogP contribution is 2.33. The number of halogens is 1. The third-order valence-corrected chi connectivity index (χ3v) is 3.60. The van der Waals surface area contributed by atoms with Gasteiger partial charge >= 0.3 is 5.69 Å². The van der Waals surface area contributed by atoms with E-state index in [2.05, 4.69) is 12.6 Å². The van der Waals surface area contributed by atoms with Crippen molar-refractivity contribution in [3.05, 3.63) is 31.4 Å². The van der Waals surface area contributed by atoms with E-state index in [0.29, 0.717) is 15.9 Å². The van der Waals surface area contributed by atoms with Gasteiger partial charge in [0.1, 0.15) is 0 Å². The predicted octanol–water partition coefficient (Wildman–Crippen LogP) is 3.02. The molecule has 0 bridgehead atoms. The molecule has 96 valence electrons. The summed E-state index contributed by atoms with van der Waals surface area (Å²) in [7, 11) is 0. The number of ether oxygens (including phenoxy) is 1. The second kappa shape index (κ2) is 6.80. The average molecular weight is 378 g/mol. The molecular formula is C11H11IN2O3S. The lowest BCUT2D eigenvalue weighted by molar-refractivity contribution is -0.386. The zero-order valence-electron chi connectivity index (χ0n) is 9.59. The highest BCUT2D eigenvalue weighted by Gasteiger charge is 2.20. The highest BCUT2D eigenvalue weighted by molar-refractivity contribution is 14.1. The van der Waals surface area contributed by atoms with Gasteiger partial charge in [0, 0.05) is 6.07 Å². The van der Waals surface area contributed by atoms with Crippen LogP contribution in [-0.2, 0) is 0 Å². The first-order valence-electron chi connectivity index (χ1n) is 5.11. The van der Waals surface area contributed by atoms with E-state index in [9.17, 15) is 10.1 Å². The maximum Gasteiger partial charge on any atom is 0.313 e. The van der Waals surface area contributed by atoms with Crippen molar-refractivity contribution in [2.75, 3.05) is 12.4 Å². The standard InChI is InChI=1S/C11H11IN2O3S/c1-7(6-18)5-17-11-9(12)2-8(4-13)3-10(11)14(15)16/h2-3,7,18H,5-6H2,1H3. The molecule has 18 heavy (non-hydrogen) atoms. The lowest BCUT2D eigenvalue weighted by Gasteiger charge is -2.12. The van der Waals surface area contributed by atoms with Gasteiger partial charge in [0.2, 0.25) is 5.75 Å². The van der Waals surface area contributed by atoms with Gasteiger partial charge in [0.05, 0.1) is 26.7 Å². The van der Waals surface area contributed by atoms with Crippen molar-refractivity contribution in [2.24, 2.45) is 5.92 Å². The molecule has 1 aromatic carbocycles. The smallest absolute Gasteiger partial charge is 0.313 e. The summed E-state index contributed by atoms with van der Waals surface area (Å²) in [5.41, 5.74) is 0.0745. The number of thiol groups is 1. The summed E-state index contributed by atoms with van der Waals surface area (Å²) in [6.07, 6.45) is 0. The van der Waals surface area contributed by atoms with Crippen LogP contribution in [-0.4, -0.2) is 17.3 Å². The maximum absolute atomic E-state index is 11.0. The van der Waals surface area contributed by atoms with Crippen LogP contribution in [0.2, 0.25) is 0 Å². The van der Waals surface area contributed by atoms with Gasteiger partial charge in [-0.05, 0) is 40.3 Å². The van der Waals surface area contributed by atoms with Gasteiger partial charge in [-0.15, -0.1) is 0 Å². The Kier molecular flexibility index (Phi) is 5.68. The van der Waals surface area contributed by atoms with E-state index in [0.717, 1.165) is 0 Å². The molecule has 0 spiro atoms. The van der Waals surface area contributed by atoms with E-state index in [-0.39, 0.29) is 22.9 Å². The Hall–Kier alpha value is -1.01. The third-order valence-electron chi connectivity index (χ3n) is 2.17. The van der Waals surface area contributed by atoms with Crippen LogP contribution < -0.4 is 4.74 Å². The minimum absolute atomic E-state index is 0.176. The van der Waals surface area contributed by atoms with Crippen molar-refractivity contribution < 1.29 is 9.66 Å². The molecule has 0 aromatic heterocycles. The number of benzene rings is 1. The number of nitrogens with zero attached hydrogens (tertiary/aromatic N) is 2. The molecule has 1 atom stereocenters. The molecule has 0 saturated heterocycles. The van der Waals surface area contributed by atoms with Gasteiger partial charge in [-0.3, -0.25) is 10.1 Å². The van der Waals surface area contributed by atoms with Gasteiger partial charge in [-0.25, -0.2) is 0 Å². The van der Waals surface area contributed by atoms with Gasteiger partial charge in [0.15, 0.2) is 0 Å². The first kappa shape index (κ1) is 15.0. The van der Waals surface area contributed by atoms with Crippen LogP contribution in [0.3, 0.4) is 0 Å². The Morgan fingerprint density at radius 1 is 1.67 bits per heavy atom. The SMILES string of the molecule is CC(CS)COc1c(I)cc(C#N)cc1[N+](=O)[O-]. The molecule has 0 N–H and O–H groups in total. The molecule has 0 heterocycles. The highest BCUT2D eigenvalue weighted by atomic mass is 127. The summed E-state index contributed by atoms with van der Waals surface area (Å²) < 4.78 is 6.03. The van der Waals surface area contributed by atoms with Gasteiger partial charge < -0.3 is 4.74 Å². The van der Waals surface area contributed by atoms with Crippen LogP contribution in [0.25, 0.3) is 0 Å². The molecule has 0 aliphatic heterocycles. The zero-order valence-corrected chi connectivity index (χ0v) is 12.6. The number of rotatable bonds is 5. The molecule has 0 fully saturated rings. The van der Waals surface area contributed by atoms with Crippen molar-refractivity contribution in [3.63, 3.8) is 0 Å². The fourth-order valence-corrected chi connectivity index (χ4v) is 2.07. The number of hydrogen-bond donors (Lipinski definition) is 1. The maximum atomic E-state index is 11.0. The lowest BCUT2D eigenvalue weighted by Crippen LogP contribution is -2.11. The van der Waals surface area contributed by atoms with Crippen LogP contribution in [0, 0.1) is 30.9 Å². The van der Waals surface area contributed by atoms with Crippen LogP contribution in [0.4, 0.5) is 5.69 Å². The summed E-state index contributed by atoms with van der Waals surface area (Å²) in [6, 6.07) is 4.68. The Labute approximate surface area is 124 Å². The van der Waals surface area contributed by atoms with Crippen molar-refractivity contribution >= 4 is 40.9 Å². The van der Waals surface area contributed by atoms with Crippen LogP contribution in [0.5, 0.6) is 5.75 Å². The van der Waals surface area contributed by atoms with E-state index in [1.54, 1.807) is 6.07 Å². The molecule has 1 aromatic rings. The Morgan fingerprint density at radius 2 is 2.33 bits per heavy atom. The monoisotopic (exact) mass is 378 g/mol. The molecule has 1 unspecified atom stereocenters. The van der Waals surface area contributed by atoms with Crippen LogP contribution in [0.1, 0.15) is 12.5 Å². The van der Waals surface area contributed by atoms with Gasteiger partial charge in [-0.1, -0.05) is 6.92 Å². The number of nitriles is 1. The minimum atomic E-state index is -0.538. The first-order valence-corrected chi connectivity index (χ1v) is 6.82. The van der Waals surface area contributed by atoms with E-state index in [1.165, 1.54) is 6.07 Å². The summed E-state index contributed by atoms with van der Waals surface area (Å²) in [6.45, 7) is 2.29. The Morgan fingerprint density at radius 3 is 2.83 bits per heavy atom. The van der Waals surface area contributed by atoms with Crippen LogP contribution >= 0.6 is 35.2 Å². The van der Waals surface area contributed by atoms with E-state index >= 15 is 0 Å². The second-order valence-corrected chi connectivity index (χ2v) is 5.30. The summed E-state index contributed by atoms with van der Waals surface area (Å²) >= 11 is 6.05. The molecule has 0 saturated carbocycles. The topological polar surface area (TPSA) is 76.2 Å². The van der Waals surface area contributed by atoms with Crippen molar-refractivity contribution in [2.45, 2.75) is 6.92 Å². The van der Waals surface area contributed by atoms with Gasteiger partial charge in [0.25, 0.3) is 0 Å². The quantitative estimate of drug-likeness (QED) is 0.370. The fraction of sp³-hybridized carbons (Fsp3) is 0.364. The number of hydrogen-bond acceptors (Lipinski definition) is 5. The largest absolute Gasteiger partial charge is 0.486 e. The molecular weight excluding hydrogens is 367 g/mol.